The van der Waals surface area contributed by atoms with Crippen LogP contribution in [0.5, 0.6) is 5.75 Å². The number of fused-ring (bicyclic) bond motifs is 2. The Kier molecular flexibility index (Phi) is 4.68. The zero-order chi connectivity index (χ0) is 15.4. The van der Waals surface area contributed by atoms with Gasteiger partial charge in [0.1, 0.15) is 12.4 Å². The van der Waals surface area contributed by atoms with Crippen molar-refractivity contribution >= 4 is 31.5 Å². The van der Waals surface area contributed by atoms with E-state index >= 15 is 0 Å². The second-order valence-corrected chi connectivity index (χ2v) is 5.85. The fourth-order valence-corrected chi connectivity index (χ4v) is 3.36. The second kappa shape index (κ2) is 6.87. The molecule has 0 radical (unpaired) electrons. The van der Waals surface area contributed by atoms with Crippen LogP contribution < -0.4 is 10.2 Å². The van der Waals surface area contributed by atoms with Crippen LogP contribution in [0.3, 0.4) is 0 Å². The van der Waals surface area contributed by atoms with Crippen LogP contribution in [-0.4, -0.2) is 31.5 Å². The maximum atomic E-state index is 12.5. The van der Waals surface area contributed by atoms with Gasteiger partial charge in [0.15, 0.2) is 5.43 Å². The van der Waals surface area contributed by atoms with Gasteiger partial charge in [-0.05, 0) is 30.3 Å². The number of aliphatic hydroxyl groups is 1. The van der Waals surface area contributed by atoms with Crippen molar-refractivity contribution in [3.8, 4) is 5.75 Å². The molecule has 0 saturated heterocycles. The van der Waals surface area contributed by atoms with E-state index in [0.29, 0.717) is 31.0 Å². The molecule has 22 heavy (non-hydrogen) atoms. The van der Waals surface area contributed by atoms with Gasteiger partial charge in [-0.25, -0.2) is 0 Å². The highest BCUT2D eigenvalue weighted by Crippen LogP contribution is 2.27. The van der Waals surface area contributed by atoms with E-state index in [1.807, 2.05) is 36.4 Å². The summed E-state index contributed by atoms with van der Waals surface area (Å²) in [7, 11) is 0. The SMILES string of the molecule is O=c1c2ccccc2sc2cc(OCCOCCO)ccc12. The fourth-order valence-electron chi connectivity index (χ4n) is 2.26. The Hall–Kier alpha value is -1.95. The van der Waals surface area contributed by atoms with E-state index in [1.165, 1.54) is 0 Å². The summed E-state index contributed by atoms with van der Waals surface area (Å²) in [6, 6.07) is 13.1. The van der Waals surface area contributed by atoms with Crippen LogP contribution in [0.15, 0.2) is 47.3 Å². The molecule has 0 aliphatic heterocycles. The molecule has 1 N–H and O–H groups in total. The molecule has 0 atom stereocenters. The zero-order valence-corrected chi connectivity index (χ0v) is 12.8. The molecule has 0 aliphatic carbocycles. The number of hydrogen-bond donors (Lipinski definition) is 1. The van der Waals surface area contributed by atoms with Gasteiger partial charge >= 0.3 is 0 Å². The van der Waals surface area contributed by atoms with E-state index in [0.717, 1.165) is 14.8 Å². The van der Waals surface area contributed by atoms with Crippen molar-refractivity contribution < 1.29 is 14.6 Å². The van der Waals surface area contributed by atoms with Crippen molar-refractivity contribution in [3.05, 3.63) is 52.7 Å². The number of ether oxygens (including phenoxy) is 2. The Morgan fingerprint density at radius 2 is 1.77 bits per heavy atom. The van der Waals surface area contributed by atoms with Gasteiger partial charge < -0.3 is 14.6 Å². The molecule has 1 aromatic heterocycles. The first-order valence-electron chi connectivity index (χ1n) is 7.06. The predicted molar refractivity (Wildman–Crippen MR) is 89.0 cm³/mol. The van der Waals surface area contributed by atoms with E-state index in [1.54, 1.807) is 17.4 Å². The van der Waals surface area contributed by atoms with Crippen LogP contribution in [0.1, 0.15) is 0 Å². The Bertz CT molecular complexity index is 841. The first-order chi connectivity index (χ1) is 10.8. The average molecular weight is 316 g/mol. The Balaban J connectivity index is 1.86. The van der Waals surface area contributed by atoms with E-state index < -0.39 is 0 Å². The second-order valence-electron chi connectivity index (χ2n) is 4.77. The maximum absolute atomic E-state index is 12.5. The molecule has 0 fully saturated rings. The van der Waals surface area contributed by atoms with Gasteiger partial charge in [0.05, 0.1) is 19.8 Å². The molecule has 0 aliphatic rings. The lowest BCUT2D eigenvalue weighted by atomic mass is 10.2. The molecule has 0 saturated carbocycles. The average Bonchev–Trinajstić information content (AvgIpc) is 2.55. The molecule has 114 valence electrons. The number of benzene rings is 2. The first-order valence-corrected chi connectivity index (χ1v) is 7.88. The Morgan fingerprint density at radius 3 is 2.64 bits per heavy atom. The fraction of sp³-hybridized carbons (Fsp3) is 0.235. The standard InChI is InChI=1S/C17H16O4S/c18-7-8-20-9-10-21-12-5-6-14-16(11-12)22-15-4-2-1-3-13(15)17(14)19/h1-6,11,18H,7-10H2. The molecule has 0 amide bonds. The van der Waals surface area contributed by atoms with Crippen LogP contribution in [0.4, 0.5) is 0 Å². The van der Waals surface area contributed by atoms with Crippen molar-refractivity contribution in [2.75, 3.05) is 26.4 Å². The largest absolute Gasteiger partial charge is 0.491 e. The van der Waals surface area contributed by atoms with E-state index in [4.69, 9.17) is 14.6 Å². The normalized spacial score (nSPS) is 11.1. The lowest BCUT2D eigenvalue weighted by Crippen LogP contribution is -2.09. The smallest absolute Gasteiger partial charge is 0.195 e. The number of hydrogen-bond acceptors (Lipinski definition) is 5. The zero-order valence-electron chi connectivity index (χ0n) is 12.0. The van der Waals surface area contributed by atoms with Crippen LogP contribution in [0.2, 0.25) is 0 Å². The molecular weight excluding hydrogens is 300 g/mol. The molecule has 2 aromatic carbocycles. The number of aliphatic hydroxyl groups excluding tert-OH is 1. The molecule has 0 spiro atoms. The van der Waals surface area contributed by atoms with Crippen molar-refractivity contribution in [2.45, 2.75) is 0 Å². The summed E-state index contributed by atoms with van der Waals surface area (Å²) in [5.41, 5.74) is 0.0576. The van der Waals surface area contributed by atoms with Gasteiger partial charge in [0.25, 0.3) is 0 Å². The predicted octanol–water partition coefficient (Wildman–Crippen LogP) is 2.80. The minimum atomic E-state index is 0.0109. The minimum Gasteiger partial charge on any atom is -0.491 e. The lowest BCUT2D eigenvalue weighted by molar-refractivity contribution is 0.0705. The quantitative estimate of drug-likeness (QED) is 0.561. The summed E-state index contributed by atoms with van der Waals surface area (Å²) < 4.78 is 12.6. The van der Waals surface area contributed by atoms with Crippen LogP contribution in [0, 0.1) is 0 Å². The van der Waals surface area contributed by atoms with Gasteiger partial charge in [-0.2, -0.15) is 0 Å². The summed E-state index contributed by atoms with van der Waals surface area (Å²) >= 11 is 1.58. The summed E-state index contributed by atoms with van der Waals surface area (Å²) in [6.45, 7) is 1.16. The van der Waals surface area contributed by atoms with Crippen molar-refractivity contribution in [3.63, 3.8) is 0 Å². The molecule has 1 heterocycles. The molecule has 5 heteroatoms. The Morgan fingerprint density at radius 1 is 0.955 bits per heavy atom. The molecule has 3 aromatic rings. The minimum absolute atomic E-state index is 0.0109. The third-order valence-electron chi connectivity index (χ3n) is 3.28. The highest BCUT2D eigenvalue weighted by Gasteiger charge is 2.06. The summed E-state index contributed by atoms with van der Waals surface area (Å²) in [4.78, 5) is 12.5. The lowest BCUT2D eigenvalue weighted by Gasteiger charge is -2.07. The molecular formula is C17H16O4S. The van der Waals surface area contributed by atoms with Crippen molar-refractivity contribution in [1.29, 1.82) is 0 Å². The third-order valence-corrected chi connectivity index (χ3v) is 4.41. The summed E-state index contributed by atoms with van der Waals surface area (Å²) in [6.07, 6.45) is 0. The van der Waals surface area contributed by atoms with E-state index in [-0.39, 0.29) is 12.0 Å². The monoisotopic (exact) mass is 316 g/mol. The van der Waals surface area contributed by atoms with Crippen LogP contribution in [-0.2, 0) is 4.74 Å². The Labute approximate surface area is 131 Å². The maximum Gasteiger partial charge on any atom is 0.195 e. The van der Waals surface area contributed by atoms with Crippen LogP contribution in [0.25, 0.3) is 20.2 Å². The summed E-state index contributed by atoms with van der Waals surface area (Å²) in [5.74, 6) is 0.714. The van der Waals surface area contributed by atoms with E-state index in [2.05, 4.69) is 0 Å². The van der Waals surface area contributed by atoms with Crippen LogP contribution >= 0.6 is 11.3 Å². The molecule has 4 nitrogen and oxygen atoms in total. The molecule has 0 bridgehead atoms. The van der Waals surface area contributed by atoms with Crippen molar-refractivity contribution in [1.82, 2.24) is 0 Å². The van der Waals surface area contributed by atoms with Gasteiger partial charge in [-0.3, -0.25) is 4.79 Å². The third kappa shape index (κ3) is 3.11. The van der Waals surface area contributed by atoms with E-state index in [9.17, 15) is 4.79 Å². The number of rotatable bonds is 6. The first kappa shape index (κ1) is 15.0. The summed E-state index contributed by atoms with van der Waals surface area (Å²) in [5, 5.41) is 10.1. The topological polar surface area (TPSA) is 55.8 Å². The molecule has 3 rings (SSSR count). The highest BCUT2D eigenvalue weighted by molar-refractivity contribution is 7.24. The highest BCUT2D eigenvalue weighted by atomic mass is 32.1. The van der Waals surface area contributed by atoms with Gasteiger partial charge in [-0.15, -0.1) is 11.3 Å². The van der Waals surface area contributed by atoms with Gasteiger partial charge in [0.2, 0.25) is 0 Å². The van der Waals surface area contributed by atoms with Gasteiger partial charge in [-0.1, -0.05) is 12.1 Å². The van der Waals surface area contributed by atoms with Gasteiger partial charge in [0, 0.05) is 20.2 Å². The molecule has 0 unspecified atom stereocenters. The van der Waals surface area contributed by atoms with Crippen molar-refractivity contribution in [2.24, 2.45) is 0 Å².